The zero-order valence-corrected chi connectivity index (χ0v) is 11.0. The lowest BCUT2D eigenvalue weighted by Crippen LogP contribution is -2.46. The molecule has 1 fully saturated rings. The van der Waals surface area contributed by atoms with Gasteiger partial charge >= 0.3 is 0 Å². The van der Waals surface area contributed by atoms with Gasteiger partial charge in [-0.05, 0) is 43.5 Å². The monoisotopic (exact) mass is 232 g/mol. The fraction of sp³-hybridized carbons (Fsp3) is 0.600. The SMILES string of the molecule is CCc1ccccc1C1C(N)CCCN1CC. The first-order chi connectivity index (χ1) is 8.27. The van der Waals surface area contributed by atoms with Crippen molar-refractivity contribution in [2.45, 2.75) is 45.2 Å². The Morgan fingerprint density at radius 2 is 2.06 bits per heavy atom. The summed E-state index contributed by atoms with van der Waals surface area (Å²) in [6, 6.07) is 9.49. The van der Waals surface area contributed by atoms with Crippen LogP contribution in [0.3, 0.4) is 0 Å². The zero-order valence-electron chi connectivity index (χ0n) is 11.0. The molecule has 0 amide bonds. The summed E-state index contributed by atoms with van der Waals surface area (Å²) in [5.74, 6) is 0. The second-order valence-corrected chi connectivity index (χ2v) is 4.93. The van der Waals surface area contributed by atoms with E-state index < -0.39 is 0 Å². The van der Waals surface area contributed by atoms with Crippen LogP contribution in [0.2, 0.25) is 0 Å². The predicted molar refractivity (Wildman–Crippen MR) is 73.0 cm³/mol. The number of aryl methyl sites for hydroxylation is 1. The van der Waals surface area contributed by atoms with E-state index in [-0.39, 0.29) is 6.04 Å². The predicted octanol–water partition coefficient (Wildman–Crippen LogP) is 2.73. The van der Waals surface area contributed by atoms with E-state index in [1.165, 1.54) is 24.1 Å². The third-order valence-electron chi connectivity index (χ3n) is 3.94. The van der Waals surface area contributed by atoms with Gasteiger partial charge in [0.2, 0.25) is 0 Å². The highest BCUT2D eigenvalue weighted by molar-refractivity contribution is 5.31. The summed E-state index contributed by atoms with van der Waals surface area (Å²) in [6.07, 6.45) is 3.48. The average molecular weight is 232 g/mol. The van der Waals surface area contributed by atoms with Crippen LogP contribution in [0.15, 0.2) is 24.3 Å². The van der Waals surface area contributed by atoms with Gasteiger partial charge < -0.3 is 5.73 Å². The van der Waals surface area contributed by atoms with Crippen molar-refractivity contribution >= 4 is 0 Å². The Labute approximate surface area is 105 Å². The topological polar surface area (TPSA) is 29.3 Å². The Bertz CT molecular complexity index is 362. The number of piperidine rings is 1. The number of hydrogen-bond acceptors (Lipinski definition) is 2. The molecule has 0 radical (unpaired) electrons. The van der Waals surface area contributed by atoms with E-state index >= 15 is 0 Å². The summed E-state index contributed by atoms with van der Waals surface area (Å²) in [4.78, 5) is 2.53. The van der Waals surface area contributed by atoms with Crippen LogP contribution in [0, 0.1) is 0 Å². The molecule has 2 unspecified atom stereocenters. The minimum Gasteiger partial charge on any atom is -0.326 e. The second-order valence-electron chi connectivity index (χ2n) is 4.93. The molecule has 0 saturated carbocycles. The Morgan fingerprint density at radius 1 is 1.29 bits per heavy atom. The summed E-state index contributed by atoms with van der Waals surface area (Å²) in [6.45, 7) is 6.74. The van der Waals surface area contributed by atoms with Crippen molar-refractivity contribution in [1.29, 1.82) is 0 Å². The first-order valence-corrected chi connectivity index (χ1v) is 6.85. The van der Waals surface area contributed by atoms with Crippen LogP contribution in [0.25, 0.3) is 0 Å². The Hall–Kier alpha value is -0.860. The highest BCUT2D eigenvalue weighted by Gasteiger charge is 2.30. The molecule has 1 aromatic carbocycles. The standard InChI is InChI=1S/C15H24N2/c1-3-12-8-5-6-9-13(12)15-14(16)10-7-11-17(15)4-2/h5-6,8-9,14-15H,3-4,7,10-11,16H2,1-2H3. The lowest BCUT2D eigenvalue weighted by molar-refractivity contribution is 0.135. The van der Waals surface area contributed by atoms with Crippen molar-refractivity contribution in [3.8, 4) is 0 Å². The number of likely N-dealkylation sites (tertiary alicyclic amines) is 1. The van der Waals surface area contributed by atoms with E-state index in [2.05, 4.69) is 43.0 Å². The molecule has 1 aromatic rings. The maximum atomic E-state index is 6.36. The lowest BCUT2D eigenvalue weighted by atomic mass is 9.87. The zero-order chi connectivity index (χ0) is 12.3. The molecule has 0 aromatic heterocycles. The summed E-state index contributed by atoms with van der Waals surface area (Å²) >= 11 is 0. The normalized spacial score (nSPS) is 26.1. The van der Waals surface area contributed by atoms with Gasteiger partial charge in [-0.2, -0.15) is 0 Å². The number of benzene rings is 1. The van der Waals surface area contributed by atoms with Gasteiger partial charge in [-0.15, -0.1) is 0 Å². The third-order valence-corrected chi connectivity index (χ3v) is 3.94. The number of nitrogens with two attached hydrogens (primary N) is 1. The van der Waals surface area contributed by atoms with Crippen molar-refractivity contribution < 1.29 is 0 Å². The van der Waals surface area contributed by atoms with Gasteiger partial charge in [0.1, 0.15) is 0 Å². The minimum absolute atomic E-state index is 0.288. The van der Waals surface area contributed by atoms with Crippen molar-refractivity contribution in [2.75, 3.05) is 13.1 Å². The molecule has 1 saturated heterocycles. The third kappa shape index (κ3) is 2.53. The van der Waals surface area contributed by atoms with Gasteiger partial charge in [0.05, 0.1) is 6.04 Å². The Kier molecular flexibility index (Phi) is 4.19. The maximum Gasteiger partial charge on any atom is 0.0501 e. The first kappa shape index (κ1) is 12.6. The molecular formula is C15H24N2. The van der Waals surface area contributed by atoms with Gasteiger partial charge in [-0.1, -0.05) is 38.1 Å². The molecule has 0 spiro atoms. The van der Waals surface area contributed by atoms with Crippen molar-refractivity contribution in [1.82, 2.24) is 4.90 Å². The summed E-state index contributed by atoms with van der Waals surface area (Å²) in [5.41, 5.74) is 9.26. The number of likely N-dealkylation sites (N-methyl/N-ethyl adjacent to an activating group) is 1. The van der Waals surface area contributed by atoms with Gasteiger partial charge in [0.15, 0.2) is 0 Å². The van der Waals surface area contributed by atoms with E-state index in [9.17, 15) is 0 Å². The van der Waals surface area contributed by atoms with E-state index in [1.807, 2.05) is 0 Å². The molecule has 0 bridgehead atoms. The average Bonchev–Trinajstić information content (AvgIpc) is 2.38. The van der Waals surface area contributed by atoms with Crippen LogP contribution in [0.1, 0.15) is 43.9 Å². The molecule has 2 rings (SSSR count). The Balaban J connectivity index is 2.34. The van der Waals surface area contributed by atoms with E-state index in [1.54, 1.807) is 0 Å². The summed E-state index contributed by atoms with van der Waals surface area (Å²) in [5, 5.41) is 0. The van der Waals surface area contributed by atoms with Crippen LogP contribution in [0.5, 0.6) is 0 Å². The van der Waals surface area contributed by atoms with Gasteiger partial charge in [-0.25, -0.2) is 0 Å². The molecule has 0 aliphatic carbocycles. The van der Waals surface area contributed by atoms with Crippen LogP contribution in [-0.4, -0.2) is 24.0 Å². The molecule has 17 heavy (non-hydrogen) atoms. The van der Waals surface area contributed by atoms with Crippen molar-refractivity contribution in [3.63, 3.8) is 0 Å². The van der Waals surface area contributed by atoms with E-state index in [4.69, 9.17) is 5.73 Å². The highest BCUT2D eigenvalue weighted by Crippen LogP contribution is 2.32. The van der Waals surface area contributed by atoms with Crippen LogP contribution >= 0.6 is 0 Å². The van der Waals surface area contributed by atoms with Crippen molar-refractivity contribution in [2.24, 2.45) is 5.73 Å². The van der Waals surface area contributed by atoms with Crippen LogP contribution in [0.4, 0.5) is 0 Å². The van der Waals surface area contributed by atoms with Crippen LogP contribution < -0.4 is 5.73 Å². The second kappa shape index (κ2) is 5.65. The first-order valence-electron chi connectivity index (χ1n) is 6.85. The minimum atomic E-state index is 0.288. The molecular weight excluding hydrogens is 208 g/mol. The molecule has 2 heteroatoms. The lowest BCUT2D eigenvalue weighted by Gasteiger charge is -2.40. The van der Waals surface area contributed by atoms with Gasteiger partial charge in [0.25, 0.3) is 0 Å². The van der Waals surface area contributed by atoms with Crippen molar-refractivity contribution in [3.05, 3.63) is 35.4 Å². The highest BCUT2D eigenvalue weighted by atomic mass is 15.2. The van der Waals surface area contributed by atoms with E-state index in [0.29, 0.717) is 6.04 Å². The largest absolute Gasteiger partial charge is 0.326 e. The van der Waals surface area contributed by atoms with E-state index in [0.717, 1.165) is 19.4 Å². The molecule has 1 aliphatic rings. The van der Waals surface area contributed by atoms with Gasteiger partial charge in [0, 0.05) is 6.04 Å². The maximum absolute atomic E-state index is 6.36. The quantitative estimate of drug-likeness (QED) is 0.868. The molecule has 1 aliphatic heterocycles. The molecule has 2 nitrogen and oxygen atoms in total. The van der Waals surface area contributed by atoms with Gasteiger partial charge in [-0.3, -0.25) is 4.90 Å². The number of nitrogens with zero attached hydrogens (tertiary/aromatic N) is 1. The summed E-state index contributed by atoms with van der Waals surface area (Å²) in [7, 11) is 0. The molecule has 2 atom stereocenters. The number of hydrogen-bond donors (Lipinski definition) is 1. The Morgan fingerprint density at radius 3 is 2.76 bits per heavy atom. The molecule has 94 valence electrons. The fourth-order valence-electron chi connectivity index (χ4n) is 3.02. The number of rotatable bonds is 3. The molecule has 1 heterocycles. The summed E-state index contributed by atoms with van der Waals surface area (Å²) < 4.78 is 0. The van der Waals surface area contributed by atoms with Crippen LogP contribution in [-0.2, 0) is 6.42 Å². The smallest absolute Gasteiger partial charge is 0.0501 e. The molecule has 2 N–H and O–H groups in total. The fourth-order valence-corrected chi connectivity index (χ4v) is 3.02.